The van der Waals surface area contributed by atoms with E-state index >= 15 is 0 Å². The van der Waals surface area contributed by atoms with Gasteiger partial charge in [0.1, 0.15) is 0 Å². The van der Waals surface area contributed by atoms with Gasteiger partial charge in [-0.2, -0.15) is 0 Å². The Labute approximate surface area is 126 Å². The van der Waals surface area contributed by atoms with Crippen LogP contribution in [0.25, 0.3) is 0 Å². The van der Waals surface area contributed by atoms with Crippen molar-refractivity contribution in [3.8, 4) is 0 Å². The van der Waals surface area contributed by atoms with Gasteiger partial charge in [-0.05, 0) is 30.6 Å². The summed E-state index contributed by atoms with van der Waals surface area (Å²) >= 11 is 2.19. The Hall–Kier alpha value is 0.960. The van der Waals surface area contributed by atoms with Gasteiger partial charge < -0.3 is 13.7 Å². The predicted octanol–water partition coefficient (Wildman–Crippen LogP) is 4.21. The summed E-state index contributed by atoms with van der Waals surface area (Å²) in [5, 5.41) is 0. The van der Waals surface area contributed by atoms with Gasteiger partial charge in [-0.25, -0.2) is 0 Å². The molecule has 2 saturated carbocycles. The van der Waals surface area contributed by atoms with Gasteiger partial charge >= 0.3 is 0 Å². The van der Waals surface area contributed by atoms with Gasteiger partial charge in [0.2, 0.25) is 0 Å². The van der Waals surface area contributed by atoms with Crippen molar-refractivity contribution in [2.45, 2.75) is 45.3 Å². The van der Waals surface area contributed by atoms with Crippen molar-refractivity contribution >= 4 is 30.4 Å². The predicted molar refractivity (Wildman–Crippen MR) is 82.5 cm³/mol. The zero-order valence-corrected chi connectivity index (χ0v) is 14.2. The quantitative estimate of drug-likeness (QED) is 0.537. The van der Waals surface area contributed by atoms with E-state index in [1.807, 2.05) is 13.8 Å². The SMILES string of the molecule is CC.ISOCC1CC2CC3(CC2C1)OCCO3. The third-order valence-electron chi connectivity index (χ3n) is 4.25. The van der Waals surface area contributed by atoms with Crippen LogP contribution in [0.15, 0.2) is 0 Å². The maximum absolute atomic E-state index is 5.80. The van der Waals surface area contributed by atoms with Crippen LogP contribution in [-0.2, 0) is 13.7 Å². The summed E-state index contributed by atoms with van der Waals surface area (Å²) in [6.07, 6.45) is 4.84. The molecule has 3 nitrogen and oxygen atoms in total. The molecule has 18 heavy (non-hydrogen) atoms. The minimum absolute atomic E-state index is 0.181. The van der Waals surface area contributed by atoms with Crippen molar-refractivity contribution in [2.24, 2.45) is 17.8 Å². The molecule has 1 heterocycles. The van der Waals surface area contributed by atoms with Crippen LogP contribution in [0.3, 0.4) is 0 Å². The number of halogens is 1. The first-order chi connectivity index (χ1) is 8.81. The highest BCUT2D eigenvalue weighted by atomic mass is 127. The van der Waals surface area contributed by atoms with E-state index in [2.05, 4.69) is 21.2 Å². The van der Waals surface area contributed by atoms with Crippen LogP contribution in [0.2, 0.25) is 0 Å². The second-order valence-corrected chi connectivity index (χ2v) is 6.66. The van der Waals surface area contributed by atoms with E-state index in [4.69, 9.17) is 13.7 Å². The normalized spacial score (nSPS) is 36.5. The number of hydrogen-bond acceptors (Lipinski definition) is 4. The van der Waals surface area contributed by atoms with Gasteiger partial charge in [-0.1, -0.05) is 13.8 Å². The molecule has 5 heteroatoms. The zero-order valence-electron chi connectivity index (χ0n) is 11.2. The molecule has 0 aromatic carbocycles. The molecule has 2 aliphatic carbocycles. The molecule has 2 atom stereocenters. The van der Waals surface area contributed by atoms with Gasteiger partial charge in [0.15, 0.2) is 5.79 Å². The first-order valence-corrected chi connectivity index (χ1v) is 10.3. The highest BCUT2D eigenvalue weighted by molar-refractivity contribution is 14.2. The van der Waals surface area contributed by atoms with E-state index in [9.17, 15) is 0 Å². The Kier molecular flexibility index (Phi) is 6.06. The summed E-state index contributed by atoms with van der Waals surface area (Å²) in [6, 6.07) is 0. The molecule has 0 N–H and O–H groups in total. The standard InChI is InChI=1S/C11H17IO3S.C2H6/c12-16-15-7-8-3-9-5-11(6-10(9)4-8)13-1-2-14-11;1-2/h8-10H,1-7H2;1-2H3. The van der Waals surface area contributed by atoms with Crippen LogP contribution in [0.4, 0.5) is 0 Å². The lowest BCUT2D eigenvalue weighted by molar-refractivity contribution is -0.156. The summed E-state index contributed by atoms with van der Waals surface area (Å²) in [7, 11) is 1.46. The number of rotatable bonds is 3. The Morgan fingerprint density at radius 2 is 1.72 bits per heavy atom. The monoisotopic (exact) mass is 386 g/mol. The van der Waals surface area contributed by atoms with Gasteiger partial charge in [0.25, 0.3) is 0 Å². The van der Waals surface area contributed by atoms with E-state index in [1.54, 1.807) is 0 Å². The summed E-state index contributed by atoms with van der Waals surface area (Å²) < 4.78 is 17.0. The van der Waals surface area contributed by atoms with Gasteiger partial charge in [-0.15, -0.1) is 0 Å². The van der Waals surface area contributed by atoms with E-state index in [0.717, 1.165) is 50.4 Å². The highest BCUT2D eigenvalue weighted by Crippen LogP contribution is 2.53. The molecule has 0 amide bonds. The number of ether oxygens (including phenoxy) is 2. The van der Waals surface area contributed by atoms with Crippen LogP contribution >= 0.6 is 30.4 Å². The first kappa shape index (κ1) is 15.4. The number of hydrogen-bond donors (Lipinski definition) is 0. The summed E-state index contributed by atoms with van der Waals surface area (Å²) in [5.74, 6) is 2.20. The minimum atomic E-state index is -0.181. The molecule has 1 spiro atoms. The molecule has 3 aliphatic rings. The molecule has 1 aliphatic heterocycles. The van der Waals surface area contributed by atoms with Crippen LogP contribution in [0, 0.1) is 17.8 Å². The second kappa shape index (κ2) is 7.11. The molecule has 2 unspecified atom stereocenters. The number of fused-ring (bicyclic) bond motifs is 1. The lowest BCUT2D eigenvalue weighted by Gasteiger charge is -2.23. The van der Waals surface area contributed by atoms with Crippen molar-refractivity contribution in [1.29, 1.82) is 0 Å². The molecule has 3 fully saturated rings. The topological polar surface area (TPSA) is 27.7 Å². The van der Waals surface area contributed by atoms with Gasteiger partial charge in [0, 0.05) is 34.0 Å². The molecular weight excluding hydrogens is 363 g/mol. The zero-order chi connectivity index (χ0) is 13.0. The average molecular weight is 386 g/mol. The van der Waals surface area contributed by atoms with E-state index in [1.165, 1.54) is 22.1 Å². The molecule has 0 bridgehead atoms. The average Bonchev–Trinajstić information content (AvgIpc) is 3.05. The lowest BCUT2D eigenvalue weighted by atomic mass is 10.0. The van der Waals surface area contributed by atoms with Crippen LogP contribution in [0.1, 0.15) is 39.5 Å². The minimum Gasteiger partial charge on any atom is -0.348 e. The molecule has 3 rings (SSSR count). The third-order valence-corrected chi connectivity index (χ3v) is 5.24. The Balaban J connectivity index is 0.000000574. The van der Waals surface area contributed by atoms with Crippen molar-refractivity contribution < 1.29 is 13.7 Å². The van der Waals surface area contributed by atoms with Crippen molar-refractivity contribution in [3.05, 3.63) is 0 Å². The molecule has 106 valence electrons. The molecule has 0 aromatic heterocycles. The van der Waals surface area contributed by atoms with E-state index in [0.29, 0.717) is 0 Å². The van der Waals surface area contributed by atoms with Crippen molar-refractivity contribution in [1.82, 2.24) is 0 Å². The van der Waals surface area contributed by atoms with E-state index < -0.39 is 0 Å². The second-order valence-electron chi connectivity index (χ2n) is 5.22. The smallest absolute Gasteiger partial charge is 0.169 e. The summed E-state index contributed by atoms with van der Waals surface area (Å²) in [5.41, 5.74) is 0. The fourth-order valence-electron chi connectivity index (χ4n) is 3.71. The maximum atomic E-state index is 5.80. The molecule has 0 radical (unpaired) electrons. The fourth-order valence-corrected chi connectivity index (χ4v) is 4.39. The Morgan fingerprint density at radius 1 is 1.17 bits per heavy atom. The molecule has 0 aromatic rings. The Bertz CT molecular complexity index is 243. The van der Waals surface area contributed by atoms with Crippen molar-refractivity contribution in [2.75, 3.05) is 19.8 Å². The molecular formula is C13H23IO3S. The van der Waals surface area contributed by atoms with E-state index in [-0.39, 0.29) is 5.79 Å². The largest absolute Gasteiger partial charge is 0.348 e. The first-order valence-electron chi connectivity index (χ1n) is 6.99. The Morgan fingerprint density at radius 3 is 2.22 bits per heavy atom. The van der Waals surface area contributed by atoms with Crippen LogP contribution < -0.4 is 0 Å². The summed E-state index contributed by atoms with van der Waals surface area (Å²) in [4.78, 5) is 0. The lowest BCUT2D eigenvalue weighted by Crippen LogP contribution is -2.27. The fraction of sp³-hybridized carbons (Fsp3) is 1.00. The van der Waals surface area contributed by atoms with Gasteiger partial charge in [-0.3, -0.25) is 0 Å². The third kappa shape index (κ3) is 3.34. The van der Waals surface area contributed by atoms with Crippen molar-refractivity contribution in [3.63, 3.8) is 0 Å². The van der Waals surface area contributed by atoms with Gasteiger partial charge in [0.05, 0.1) is 29.0 Å². The molecule has 1 saturated heterocycles. The summed E-state index contributed by atoms with van der Waals surface area (Å²) in [6.45, 7) is 6.49. The maximum Gasteiger partial charge on any atom is 0.169 e. The van der Waals surface area contributed by atoms with Crippen LogP contribution in [0.5, 0.6) is 0 Å². The van der Waals surface area contributed by atoms with Crippen LogP contribution in [-0.4, -0.2) is 25.6 Å². The highest BCUT2D eigenvalue weighted by Gasteiger charge is 2.52.